The van der Waals surface area contributed by atoms with Gasteiger partial charge in [-0.05, 0) is 24.3 Å². The van der Waals surface area contributed by atoms with E-state index in [0.29, 0.717) is 17.6 Å². The number of benzene rings is 1. The average molecular weight is 332 g/mol. The van der Waals surface area contributed by atoms with Gasteiger partial charge < -0.3 is 14.2 Å². The molecule has 0 bridgehead atoms. The van der Waals surface area contributed by atoms with E-state index >= 15 is 0 Å². The number of oxazole rings is 1. The third-order valence-electron chi connectivity index (χ3n) is 3.27. The van der Waals surface area contributed by atoms with Crippen LogP contribution in [0.3, 0.4) is 0 Å². The summed E-state index contributed by atoms with van der Waals surface area (Å²) in [6.45, 7) is 0.493. The zero-order valence-corrected chi connectivity index (χ0v) is 13.2. The van der Waals surface area contributed by atoms with Crippen LogP contribution in [0.25, 0.3) is 11.1 Å². The Hall–Kier alpha value is -2.41. The van der Waals surface area contributed by atoms with Gasteiger partial charge >= 0.3 is 5.76 Å². The molecule has 0 unspecified atom stereocenters. The molecule has 0 aliphatic heterocycles. The Morgan fingerprint density at radius 2 is 2.09 bits per heavy atom. The zero-order chi connectivity index (χ0) is 16.1. The number of carbonyl (C=O) groups is 1. The number of rotatable bonds is 7. The van der Waals surface area contributed by atoms with Crippen molar-refractivity contribution in [1.82, 2.24) is 9.88 Å². The van der Waals surface area contributed by atoms with E-state index in [2.05, 4.69) is 5.32 Å². The van der Waals surface area contributed by atoms with E-state index in [1.54, 1.807) is 42.3 Å². The summed E-state index contributed by atoms with van der Waals surface area (Å²) in [5, 5.41) is 2.80. The maximum Gasteiger partial charge on any atom is 0.420 e. The van der Waals surface area contributed by atoms with Crippen LogP contribution in [0.2, 0.25) is 0 Å². The fraction of sp³-hybridized carbons (Fsp3) is 0.250. The van der Waals surface area contributed by atoms with Gasteiger partial charge in [0.15, 0.2) is 5.58 Å². The van der Waals surface area contributed by atoms with Gasteiger partial charge in [-0.1, -0.05) is 12.1 Å². The Morgan fingerprint density at radius 1 is 1.22 bits per heavy atom. The predicted octanol–water partition coefficient (Wildman–Crippen LogP) is 2.24. The van der Waals surface area contributed by atoms with E-state index < -0.39 is 5.76 Å². The number of para-hydroxylation sites is 2. The van der Waals surface area contributed by atoms with Gasteiger partial charge in [-0.3, -0.25) is 9.36 Å². The maximum atomic E-state index is 12.0. The van der Waals surface area contributed by atoms with Gasteiger partial charge in [-0.25, -0.2) is 4.79 Å². The third kappa shape index (κ3) is 3.87. The van der Waals surface area contributed by atoms with Crippen LogP contribution in [0, 0.1) is 0 Å². The van der Waals surface area contributed by atoms with Gasteiger partial charge in [0.2, 0.25) is 5.91 Å². The van der Waals surface area contributed by atoms with Crippen molar-refractivity contribution in [2.75, 3.05) is 12.3 Å². The lowest BCUT2D eigenvalue weighted by molar-refractivity contribution is -0.121. The summed E-state index contributed by atoms with van der Waals surface area (Å²) >= 11 is 1.67. The summed E-state index contributed by atoms with van der Waals surface area (Å²) in [5.41, 5.74) is 1.11. The highest BCUT2D eigenvalue weighted by molar-refractivity contribution is 7.98. The molecular weight excluding hydrogens is 316 g/mol. The number of thioether (sulfide) groups is 1. The fourth-order valence-corrected chi connectivity index (χ4v) is 2.95. The van der Waals surface area contributed by atoms with Crippen LogP contribution in [-0.4, -0.2) is 22.8 Å². The third-order valence-corrected chi connectivity index (χ3v) is 4.25. The van der Waals surface area contributed by atoms with Crippen molar-refractivity contribution in [2.45, 2.75) is 12.3 Å². The minimum Gasteiger partial charge on any atom is -0.468 e. The van der Waals surface area contributed by atoms with E-state index in [4.69, 9.17) is 8.83 Å². The van der Waals surface area contributed by atoms with Crippen molar-refractivity contribution in [3.8, 4) is 0 Å². The molecule has 120 valence electrons. The summed E-state index contributed by atoms with van der Waals surface area (Å²) < 4.78 is 11.7. The number of nitrogens with zero attached hydrogens (tertiary/aromatic N) is 1. The topological polar surface area (TPSA) is 77.4 Å². The molecule has 2 heterocycles. The Bertz CT molecular complexity index is 835. The van der Waals surface area contributed by atoms with Crippen molar-refractivity contribution in [1.29, 1.82) is 0 Å². The van der Waals surface area contributed by atoms with Crippen LogP contribution in [0.15, 0.2) is 56.3 Å². The highest BCUT2D eigenvalue weighted by atomic mass is 32.2. The molecule has 0 radical (unpaired) electrons. The zero-order valence-electron chi connectivity index (χ0n) is 12.4. The molecule has 0 saturated carbocycles. The SMILES string of the molecule is O=C(Cn1c(=O)oc2ccccc21)NCCSCc1ccco1. The van der Waals surface area contributed by atoms with Crippen molar-refractivity contribution < 1.29 is 13.6 Å². The van der Waals surface area contributed by atoms with Crippen molar-refractivity contribution in [2.24, 2.45) is 0 Å². The lowest BCUT2D eigenvalue weighted by Crippen LogP contribution is -2.32. The quantitative estimate of drug-likeness (QED) is 0.671. The van der Waals surface area contributed by atoms with Gasteiger partial charge in [-0.2, -0.15) is 11.8 Å². The highest BCUT2D eigenvalue weighted by Crippen LogP contribution is 2.12. The fourth-order valence-electron chi connectivity index (χ4n) is 2.19. The highest BCUT2D eigenvalue weighted by Gasteiger charge is 2.11. The van der Waals surface area contributed by atoms with Crippen LogP contribution in [-0.2, 0) is 17.1 Å². The van der Waals surface area contributed by atoms with Gasteiger partial charge in [0.25, 0.3) is 0 Å². The molecule has 0 fully saturated rings. The summed E-state index contributed by atoms with van der Waals surface area (Å²) in [4.78, 5) is 23.7. The van der Waals surface area contributed by atoms with E-state index in [0.717, 1.165) is 17.3 Å². The first-order chi connectivity index (χ1) is 11.2. The monoisotopic (exact) mass is 332 g/mol. The van der Waals surface area contributed by atoms with Crippen molar-refractivity contribution >= 4 is 28.8 Å². The molecule has 0 atom stereocenters. The van der Waals surface area contributed by atoms with Crippen LogP contribution < -0.4 is 11.1 Å². The second-order valence-corrected chi connectivity index (χ2v) is 6.01. The van der Waals surface area contributed by atoms with Crippen molar-refractivity contribution in [3.63, 3.8) is 0 Å². The number of furan rings is 1. The van der Waals surface area contributed by atoms with E-state index in [9.17, 15) is 9.59 Å². The smallest absolute Gasteiger partial charge is 0.420 e. The molecule has 0 aliphatic carbocycles. The molecule has 23 heavy (non-hydrogen) atoms. The molecule has 1 amide bonds. The molecule has 3 aromatic rings. The van der Waals surface area contributed by atoms with Crippen molar-refractivity contribution in [3.05, 3.63) is 59.0 Å². The van der Waals surface area contributed by atoms with Gasteiger partial charge in [-0.15, -0.1) is 0 Å². The molecule has 7 heteroatoms. The number of hydrogen-bond acceptors (Lipinski definition) is 5. The first-order valence-corrected chi connectivity index (χ1v) is 8.35. The summed E-state index contributed by atoms with van der Waals surface area (Å²) in [6.07, 6.45) is 1.64. The van der Waals surface area contributed by atoms with E-state index in [1.165, 1.54) is 4.57 Å². The normalized spacial score (nSPS) is 11.0. The van der Waals surface area contributed by atoms with Gasteiger partial charge in [0.05, 0.1) is 17.5 Å². The van der Waals surface area contributed by atoms with Gasteiger partial charge in [0, 0.05) is 12.3 Å². The summed E-state index contributed by atoms with van der Waals surface area (Å²) in [5.74, 6) is 1.73. The number of amides is 1. The Balaban J connectivity index is 1.47. The summed E-state index contributed by atoms with van der Waals surface area (Å²) in [6, 6.07) is 10.8. The average Bonchev–Trinajstić information content (AvgIpc) is 3.16. The molecule has 0 aliphatic rings. The lowest BCUT2D eigenvalue weighted by atomic mass is 10.3. The van der Waals surface area contributed by atoms with Crippen LogP contribution >= 0.6 is 11.8 Å². The minimum atomic E-state index is -0.520. The molecule has 0 spiro atoms. The Kier molecular flexibility index (Phi) is 4.87. The Morgan fingerprint density at radius 3 is 2.91 bits per heavy atom. The number of fused-ring (bicyclic) bond motifs is 1. The van der Waals surface area contributed by atoms with Gasteiger partial charge in [0.1, 0.15) is 12.3 Å². The Labute approximate surface area is 136 Å². The number of nitrogens with one attached hydrogen (secondary N) is 1. The molecule has 2 aromatic heterocycles. The minimum absolute atomic E-state index is 0.0430. The number of carbonyl (C=O) groups excluding carboxylic acids is 1. The first kappa shape index (κ1) is 15.5. The van der Waals surface area contributed by atoms with Crippen LogP contribution in [0.5, 0.6) is 0 Å². The van der Waals surface area contributed by atoms with Crippen LogP contribution in [0.4, 0.5) is 0 Å². The maximum absolute atomic E-state index is 12.0. The standard InChI is InChI=1S/C16H16N2O4S/c19-15(17-7-9-23-11-12-4-3-8-21-12)10-18-13-5-1-2-6-14(13)22-16(18)20/h1-6,8H,7,9-11H2,(H,17,19). The second kappa shape index (κ2) is 7.23. The molecule has 0 saturated heterocycles. The first-order valence-electron chi connectivity index (χ1n) is 7.19. The molecule has 3 rings (SSSR count). The molecule has 1 N–H and O–H groups in total. The number of hydrogen-bond donors (Lipinski definition) is 1. The van der Waals surface area contributed by atoms with E-state index in [-0.39, 0.29) is 12.5 Å². The number of aromatic nitrogens is 1. The van der Waals surface area contributed by atoms with E-state index in [1.807, 2.05) is 12.1 Å². The van der Waals surface area contributed by atoms with Crippen LogP contribution in [0.1, 0.15) is 5.76 Å². The molecule has 6 nitrogen and oxygen atoms in total. The molecule has 1 aromatic carbocycles. The summed E-state index contributed by atoms with van der Waals surface area (Å²) in [7, 11) is 0. The second-order valence-electron chi connectivity index (χ2n) is 4.90. The largest absolute Gasteiger partial charge is 0.468 e. The lowest BCUT2D eigenvalue weighted by Gasteiger charge is -2.05. The molecular formula is C16H16N2O4S. The predicted molar refractivity (Wildman–Crippen MR) is 88.4 cm³/mol.